The molecule has 25 heavy (non-hydrogen) atoms. The fourth-order valence-corrected chi connectivity index (χ4v) is 4.12. The molecule has 0 unspecified atom stereocenters. The van der Waals surface area contributed by atoms with E-state index in [0.717, 1.165) is 0 Å². The number of aromatic amines is 1. The van der Waals surface area contributed by atoms with Crippen LogP contribution in [-0.2, 0) is 10.0 Å². The summed E-state index contributed by atoms with van der Waals surface area (Å²) in [5, 5.41) is 3.12. The highest BCUT2D eigenvalue weighted by Crippen LogP contribution is 2.22. The van der Waals surface area contributed by atoms with Gasteiger partial charge in [-0.1, -0.05) is 13.8 Å². The molecule has 1 aromatic carbocycles. The van der Waals surface area contributed by atoms with Crippen molar-refractivity contribution in [1.82, 2.24) is 14.6 Å². The molecule has 1 heterocycles. The first kappa shape index (κ1) is 19.1. The van der Waals surface area contributed by atoms with Gasteiger partial charge in [0.15, 0.2) is 0 Å². The molecule has 0 spiro atoms. The molecule has 7 nitrogen and oxygen atoms in total. The largest absolute Gasteiger partial charge is 0.350 e. The van der Waals surface area contributed by atoms with Gasteiger partial charge in [-0.05, 0) is 32.0 Å². The molecule has 0 bridgehead atoms. The topological polar surface area (TPSA) is 99.3 Å². The van der Waals surface area contributed by atoms with Crippen LogP contribution in [0.5, 0.6) is 0 Å². The smallest absolute Gasteiger partial charge is 0.252 e. The zero-order valence-corrected chi connectivity index (χ0v) is 15.6. The predicted octanol–water partition coefficient (Wildman–Crippen LogP) is 1.70. The van der Waals surface area contributed by atoms with Gasteiger partial charge in [0.25, 0.3) is 5.91 Å². The summed E-state index contributed by atoms with van der Waals surface area (Å²) in [7, 11) is -3.66. The zero-order valence-electron chi connectivity index (χ0n) is 14.8. The molecule has 0 fully saturated rings. The van der Waals surface area contributed by atoms with E-state index in [0.29, 0.717) is 24.0 Å². The molecule has 136 valence electrons. The average Bonchev–Trinajstić information content (AvgIpc) is 2.53. The molecule has 0 atom stereocenters. The van der Waals surface area contributed by atoms with Crippen molar-refractivity contribution in [2.24, 2.45) is 0 Å². The van der Waals surface area contributed by atoms with Crippen molar-refractivity contribution in [3.8, 4) is 0 Å². The maximum absolute atomic E-state index is 12.7. The Bertz CT molecular complexity index is 944. The second-order valence-electron chi connectivity index (χ2n) is 5.97. The lowest BCUT2D eigenvalue weighted by molar-refractivity contribution is 0.0944. The molecular formula is C17H23N3O4S. The SMILES string of the molecule is CCN(CC)S(=O)(=O)c1ccc2[nH]c(=O)cc(C(=O)NC(C)C)c2c1. The van der Waals surface area contributed by atoms with E-state index in [-0.39, 0.29) is 16.5 Å². The predicted molar refractivity (Wildman–Crippen MR) is 97.3 cm³/mol. The number of aromatic nitrogens is 1. The van der Waals surface area contributed by atoms with Crippen molar-refractivity contribution in [2.75, 3.05) is 13.1 Å². The number of H-pyrrole nitrogens is 1. The molecule has 1 aromatic heterocycles. The number of carbonyl (C=O) groups excluding carboxylic acids is 1. The van der Waals surface area contributed by atoms with Crippen molar-refractivity contribution in [3.63, 3.8) is 0 Å². The monoisotopic (exact) mass is 365 g/mol. The first-order valence-electron chi connectivity index (χ1n) is 8.18. The number of hydrogen-bond donors (Lipinski definition) is 2. The van der Waals surface area contributed by atoms with Crippen LogP contribution in [0.3, 0.4) is 0 Å². The van der Waals surface area contributed by atoms with E-state index in [9.17, 15) is 18.0 Å². The van der Waals surface area contributed by atoms with Crippen LogP contribution in [0.25, 0.3) is 10.9 Å². The summed E-state index contributed by atoms with van der Waals surface area (Å²) >= 11 is 0. The molecule has 2 rings (SSSR count). The third kappa shape index (κ3) is 3.91. The normalized spacial score (nSPS) is 12.1. The van der Waals surface area contributed by atoms with E-state index in [1.54, 1.807) is 13.8 Å². The van der Waals surface area contributed by atoms with Crippen LogP contribution < -0.4 is 10.9 Å². The standard InChI is InChI=1S/C17H23N3O4S/c1-5-20(6-2)25(23,24)12-7-8-15-13(9-12)14(10-16(21)19-15)17(22)18-11(3)4/h7-11H,5-6H2,1-4H3,(H,18,22)(H,19,21). The second-order valence-corrected chi connectivity index (χ2v) is 7.91. The first-order chi connectivity index (χ1) is 11.7. The van der Waals surface area contributed by atoms with Crippen molar-refractivity contribution >= 4 is 26.8 Å². The lowest BCUT2D eigenvalue weighted by Crippen LogP contribution is -2.31. The first-order valence-corrected chi connectivity index (χ1v) is 9.62. The molecule has 0 aliphatic rings. The fourth-order valence-electron chi connectivity index (χ4n) is 2.63. The molecule has 2 N–H and O–H groups in total. The number of carbonyl (C=O) groups is 1. The molecule has 8 heteroatoms. The number of fused-ring (bicyclic) bond motifs is 1. The van der Waals surface area contributed by atoms with Gasteiger partial charge in [0.05, 0.1) is 10.5 Å². The van der Waals surface area contributed by atoms with Crippen molar-refractivity contribution in [3.05, 3.63) is 40.2 Å². The fraction of sp³-hybridized carbons (Fsp3) is 0.412. The maximum atomic E-state index is 12.7. The van der Waals surface area contributed by atoms with E-state index in [2.05, 4.69) is 10.3 Å². The molecular weight excluding hydrogens is 342 g/mol. The summed E-state index contributed by atoms with van der Waals surface area (Å²) in [5.74, 6) is -0.413. The lowest BCUT2D eigenvalue weighted by Gasteiger charge is -2.19. The van der Waals surface area contributed by atoms with Crippen molar-refractivity contribution in [1.29, 1.82) is 0 Å². The van der Waals surface area contributed by atoms with Gasteiger partial charge in [0, 0.05) is 36.1 Å². The quantitative estimate of drug-likeness (QED) is 0.814. The summed E-state index contributed by atoms with van der Waals surface area (Å²) < 4.78 is 26.8. The van der Waals surface area contributed by atoms with Gasteiger partial charge >= 0.3 is 0 Å². The van der Waals surface area contributed by atoms with Gasteiger partial charge in [-0.25, -0.2) is 8.42 Å². The van der Waals surface area contributed by atoms with Gasteiger partial charge in [-0.2, -0.15) is 4.31 Å². The summed E-state index contributed by atoms with van der Waals surface area (Å²) in [4.78, 5) is 26.9. The number of pyridine rings is 1. The Morgan fingerprint density at radius 3 is 2.40 bits per heavy atom. The number of amides is 1. The highest BCUT2D eigenvalue weighted by atomic mass is 32.2. The van der Waals surface area contributed by atoms with Crippen LogP contribution >= 0.6 is 0 Å². The highest BCUT2D eigenvalue weighted by molar-refractivity contribution is 7.89. The molecule has 0 aliphatic heterocycles. The minimum absolute atomic E-state index is 0.0920. The zero-order chi connectivity index (χ0) is 18.8. The van der Waals surface area contributed by atoms with Gasteiger partial charge in [0.1, 0.15) is 0 Å². The third-order valence-electron chi connectivity index (χ3n) is 3.82. The van der Waals surface area contributed by atoms with E-state index in [4.69, 9.17) is 0 Å². The Morgan fingerprint density at radius 2 is 1.84 bits per heavy atom. The minimum atomic E-state index is -3.66. The van der Waals surface area contributed by atoms with E-state index >= 15 is 0 Å². The molecule has 2 aromatic rings. The number of hydrogen-bond acceptors (Lipinski definition) is 4. The van der Waals surface area contributed by atoms with Crippen LogP contribution in [0, 0.1) is 0 Å². The van der Waals surface area contributed by atoms with Gasteiger partial charge < -0.3 is 10.3 Å². The van der Waals surface area contributed by atoms with Crippen LogP contribution in [-0.4, -0.2) is 42.7 Å². The van der Waals surface area contributed by atoms with Gasteiger partial charge in [-0.3, -0.25) is 9.59 Å². The Labute approximate surface area is 147 Å². The average molecular weight is 365 g/mol. The summed E-state index contributed by atoms with van der Waals surface area (Å²) in [6, 6.07) is 5.47. The summed E-state index contributed by atoms with van der Waals surface area (Å²) in [5.41, 5.74) is 0.157. The minimum Gasteiger partial charge on any atom is -0.350 e. The van der Waals surface area contributed by atoms with Crippen molar-refractivity contribution in [2.45, 2.75) is 38.6 Å². The number of nitrogens with zero attached hydrogens (tertiary/aromatic N) is 1. The Hall–Kier alpha value is -2.19. The number of sulfonamides is 1. The number of nitrogens with one attached hydrogen (secondary N) is 2. The number of rotatable bonds is 6. The van der Waals surface area contributed by atoms with E-state index in [1.807, 2.05) is 13.8 Å². The Kier molecular flexibility index (Phi) is 5.64. The lowest BCUT2D eigenvalue weighted by atomic mass is 10.1. The van der Waals surface area contributed by atoms with Crippen LogP contribution in [0.1, 0.15) is 38.1 Å². The van der Waals surface area contributed by atoms with Gasteiger partial charge in [0.2, 0.25) is 15.6 Å². The Morgan fingerprint density at radius 1 is 1.20 bits per heavy atom. The summed E-state index contributed by atoms with van der Waals surface area (Å²) in [6.45, 7) is 7.85. The highest BCUT2D eigenvalue weighted by Gasteiger charge is 2.23. The molecule has 0 aliphatic carbocycles. The summed E-state index contributed by atoms with van der Waals surface area (Å²) in [6.07, 6.45) is 0. The molecule has 0 radical (unpaired) electrons. The third-order valence-corrected chi connectivity index (χ3v) is 5.87. The molecule has 0 saturated carbocycles. The van der Waals surface area contributed by atoms with Crippen LogP contribution in [0.4, 0.5) is 0 Å². The molecule has 0 saturated heterocycles. The second kappa shape index (κ2) is 7.37. The van der Waals surface area contributed by atoms with Crippen molar-refractivity contribution < 1.29 is 13.2 Å². The maximum Gasteiger partial charge on any atom is 0.252 e. The Balaban J connectivity index is 2.68. The van der Waals surface area contributed by atoms with Gasteiger partial charge in [-0.15, -0.1) is 0 Å². The van der Waals surface area contributed by atoms with Crippen LogP contribution in [0.15, 0.2) is 34.0 Å². The van der Waals surface area contributed by atoms with Crippen LogP contribution in [0.2, 0.25) is 0 Å². The number of benzene rings is 1. The van der Waals surface area contributed by atoms with E-state index in [1.165, 1.54) is 28.6 Å². The van der Waals surface area contributed by atoms with E-state index < -0.39 is 21.5 Å². The molecule has 1 amide bonds.